The van der Waals surface area contributed by atoms with Crippen LogP contribution in [0.15, 0.2) is 67.0 Å². The Morgan fingerprint density at radius 2 is 1.86 bits per heavy atom. The van der Waals surface area contributed by atoms with Crippen molar-refractivity contribution in [1.82, 2.24) is 9.97 Å². The van der Waals surface area contributed by atoms with E-state index >= 15 is 0 Å². The highest BCUT2D eigenvalue weighted by Crippen LogP contribution is 2.33. The van der Waals surface area contributed by atoms with E-state index in [0.29, 0.717) is 12.4 Å². The number of hydrogen-bond donors (Lipinski definition) is 0. The van der Waals surface area contributed by atoms with Crippen molar-refractivity contribution in [2.45, 2.75) is 13.5 Å². The van der Waals surface area contributed by atoms with Gasteiger partial charge in [-0.25, -0.2) is 4.98 Å². The van der Waals surface area contributed by atoms with Crippen molar-refractivity contribution < 1.29 is 9.47 Å². The van der Waals surface area contributed by atoms with E-state index in [9.17, 15) is 5.26 Å². The number of benzene rings is 2. The molecule has 0 aliphatic carbocycles. The summed E-state index contributed by atoms with van der Waals surface area (Å²) in [6.45, 7) is 2.29. The van der Waals surface area contributed by atoms with E-state index in [1.165, 1.54) is 0 Å². The zero-order valence-corrected chi connectivity index (χ0v) is 16.2. The molecule has 0 bridgehead atoms. The lowest BCUT2D eigenvalue weighted by Crippen LogP contribution is -2.02. The third-order valence-electron chi connectivity index (χ3n) is 4.84. The van der Waals surface area contributed by atoms with Crippen molar-refractivity contribution in [3.05, 3.63) is 83.8 Å². The van der Waals surface area contributed by atoms with Gasteiger partial charge in [-0.2, -0.15) is 5.26 Å². The van der Waals surface area contributed by atoms with Gasteiger partial charge in [-0.3, -0.25) is 4.98 Å². The first-order chi connectivity index (χ1) is 14.2. The van der Waals surface area contributed by atoms with Crippen LogP contribution >= 0.6 is 0 Å². The second kappa shape index (κ2) is 7.99. The Hall–Kier alpha value is -3.91. The third kappa shape index (κ3) is 3.74. The minimum atomic E-state index is 0.280. The van der Waals surface area contributed by atoms with Crippen molar-refractivity contribution in [1.29, 1.82) is 5.26 Å². The molecule has 0 saturated heterocycles. The molecule has 0 aliphatic heterocycles. The van der Waals surface area contributed by atoms with Crippen molar-refractivity contribution in [3.8, 4) is 28.7 Å². The maximum absolute atomic E-state index is 9.49. The van der Waals surface area contributed by atoms with Crippen LogP contribution in [0.2, 0.25) is 0 Å². The zero-order valence-electron chi connectivity index (χ0n) is 16.2. The Labute approximate surface area is 169 Å². The number of nitriles is 1. The average molecular weight is 381 g/mol. The first kappa shape index (κ1) is 18.5. The van der Waals surface area contributed by atoms with E-state index in [2.05, 4.69) is 22.1 Å². The van der Waals surface area contributed by atoms with Gasteiger partial charge in [0, 0.05) is 28.9 Å². The molecule has 4 aromatic rings. The van der Waals surface area contributed by atoms with Gasteiger partial charge in [-0.05, 0) is 48.4 Å². The predicted molar refractivity (Wildman–Crippen MR) is 112 cm³/mol. The molecule has 0 fully saturated rings. The normalized spacial score (nSPS) is 10.5. The predicted octanol–water partition coefficient (Wildman–Crippen LogP) is 5.06. The van der Waals surface area contributed by atoms with E-state index in [4.69, 9.17) is 9.47 Å². The lowest BCUT2D eigenvalue weighted by molar-refractivity contribution is 0.301. The van der Waals surface area contributed by atoms with Crippen LogP contribution in [0.3, 0.4) is 0 Å². The number of rotatable bonds is 5. The Balaban J connectivity index is 1.68. The molecule has 0 unspecified atom stereocenters. The molecular formula is C24H19N3O2. The van der Waals surface area contributed by atoms with Gasteiger partial charge in [-0.15, -0.1) is 0 Å². The molecule has 0 saturated carbocycles. The SMILES string of the molecule is COc1ccc(COc2c(C#N)ncc(-c3ccc4ncccc4c3)c2C)cc1. The minimum Gasteiger partial charge on any atom is -0.497 e. The molecule has 142 valence electrons. The number of pyridine rings is 2. The molecule has 2 heterocycles. The van der Waals surface area contributed by atoms with Gasteiger partial charge >= 0.3 is 0 Å². The summed E-state index contributed by atoms with van der Waals surface area (Å²) in [6, 6.07) is 19.8. The molecule has 0 N–H and O–H groups in total. The van der Waals surface area contributed by atoms with E-state index in [-0.39, 0.29) is 5.69 Å². The fourth-order valence-corrected chi connectivity index (χ4v) is 3.25. The van der Waals surface area contributed by atoms with Gasteiger partial charge in [-0.1, -0.05) is 24.3 Å². The van der Waals surface area contributed by atoms with Crippen molar-refractivity contribution >= 4 is 10.9 Å². The number of nitrogens with zero attached hydrogens (tertiary/aromatic N) is 3. The largest absolute Gasteiger partial charge is 0.497 e. The summed E-state index contributed by atoms with van der Waals surface area (Å²) in [4.78, 5) is 8.70. The summed E-state index contributed by atoms with van der Waals surface area (Å²) in [5, 5.41) is 10.5. The molecule has 0 amide bonds. The van der Waals surface area contributed by atoms with Gasteiger partial charge in [0.05, 0.1) is 12.6 Å². The molecule has 29 heavy (non-hydrogen) atoms. The van der Waals surface area contributed by atoms with Gasteiger partial charge in [0.25, 0.3) is 0 Å². The lowest BCUT2D eigenvalue weighted by atomic mass is 9.99. The molecule has 5 heteroatoms. The summed E-state index contributed by atoms with van der Waals surface area (Å²) in [7, 11) is 1.63. The number of methoxy groups -OCH3 is 1. The first-order valence-corrected chi connectivity index (χ1v) is 9.20. The zero-order chi connectivity index (χ0) is 20.2. The smallest absolute Gasteiger partial charge is 0.182 e. The van der Waals surface area contributed by atoms with Crippen molar-refractivity contribution in [2.75, 3.05) is 7.11 Å². The molecule has 5 nitrogen and oxygen atoms in total. The van der Waals surface area contributed by atoms with Crippen LogP contribution in [0.1, 0.15) is 16.8 Å². The minimum absolute atomic E-state index is 0.280. The van der Waals surface area contributed by atoms with E-state index in [1.807, 2.05) is 55.5 Å². The Kier molecular flexibility index (Phi) is 5.08. The summed E-state index contributed by atoms with van der Waals surface area (Å²) >= 11 is 0. The fourth-order valence-electron chi connectivity index (χ4n) is 3.25. The van der Waals surface area contributed by atoms with E-state index < -0.39 is 0 Å². The van der Waals surface area contributed by atoms with E-state index in [0.717, 1.165) is 38.9 Å². The molecule has 0 spiro atoms. The highest BCUT2D eigenvalue weighted by Gasteiger charge is 2.15. The van der Waals surface area contributed by atoms with Crippen LogP contribution in [-0.4, -0.2) is 17.1 Å². The average Bonchev–Trinajstić information content (AvgIpc) is 2.78. The number of ether oxygens (including phenoxy) is 2. The van der Waals surface area contributed by atoms with Crippen LogP contribution in [0.5, 0.6) is 11.5 Å². The lowest BCUT2D eigenvalue weighted by Gasteiger charge is -2.14. The summed E-state index contributed by atoms with van der Waals surface area (Å²) in [6.07, 6.45) is 3.51. The fraction of sp³-hybridized carbons (Fsp3) is 0.125. The summed E-state index contributed by atoms with van der Waals surface area (Å²) in [5.74, 6) is 1.30. The van der Waals surface area contributed by atoms with Crippen molar-refractivity contribution in [3.63, 3.8) is 0 Å². The summed E-state index contributed by atoms with van der Waals surface area (Å²) in [5.41, 5.74) is 5.02. The number of fused-ring (bicyclic) bond motifs is 1. The molecule has 0 atom stereocenters. The van der Waals surface area contributed by atoms with Crippen LogP contribution in [0, 0.1) is 18.3 Å². The standard InChI is InChI=1S/C24H19N3O2/c1-16-21(18-7-10-22-19(12-18)4-3-11-26-22)14-27-23(13-25)24(16)29-15-17-5-8-20(28-2)9-6-17/h3-12,14H,15H2,1-2H3. The quantitative estimate of drug-likeness (QED) is 0.483. The third-order valence-corrected chi connectivity index (χ3v) is 4.84. The van der Waals surface area contributed by atoms with Crippen LogP contribution in [0.25, 0.3) is 22.0 Å². The van der Waals surface area contributed by atoms with Crippen LogP contribution in [-0.2, 0) is 6.61 Å². The second-order valence-corrected chi connectivity index (χ2v) is 6.63. The Morgan fingerprint density at radius 3 is 2.62 bits per heavy atom. The van der Waals surface area contributed by atoms with Gasteiger partial charge in [0.2, 0.25) is 0 Å². The van der Waals surface area contributed by atoms with Gasteiger partial charge in [0.1, 0.15) is 18.4 Å². The highest BCUT2D eigenvalue weighted by atomic mass is 16.5. The molecule has 2 aromatic heterocycles. The van der Waals surface area contributed by atoms with Gasteiger partial charge in [0.15, 0.2) is 11.4 Å². The maximum Gasteiger partial charge on any atom is 0.182 e. The van der Waals surface area contributed by atoms with E-state index in [1.54, 1.807) is 19.5 Å². The topological polar surface area (TPSA) is 68.0 Å². The second-order valence-electron chi connectivity index (χ2n) is 6.63. The molecule has 0 radical (unpaired) electrons. The van der Waals surface area contributed by atoms with Crippen LogP contribution in [0.4, 0.5) is 0 Å². The molecular weight excluding hydrogens is 362 g/mol. The first-order valence-electron chi connectivity index (χ1n) is 9.20. The molecule has 2 aromatic carbocycles. The highest BCUT2D eigenvalue weighted by molar-refractivity contribution is 5.85. The van der Waals surface area contributed by atoms with Crippen molar-refractivity contribution in [2.24, 2.45) is 0 Å². The Bertz CT molecular complexity index is 1210. The molecule has 4 rings (SSSR count). The van der Waals surface area contributed by atoms with Crippen LogP contribution < -0.4 is 9.47 Å². The monoisotopic (exact) mass is 381 g/mol. The molecule has 0 aliphatic rings. The summed E-state index contributed by atoms with van der Waals surface area (Å²) < 4.78 is 11.2. The Morgan fingerprint density at radius 1 is 1.03 bits per heavy atom. The number of hydrogen-bond acceptors (Lipinski definition) is 5. The number of aromatic nitrogens is 2. The van der Waals surface area contributed by atoms with Gasteiger partial charge < -0.3 is 9.47 Å². The maximum atomic E-state index is 9.49.